The van der Waals surface area contributed by atoms with Crippen molar-refractivity contribution < 1.29 is 4.74 Å². The summed E-state index contributed by atoms with van der Waals surface area (Å²) in [6.07, 6.45) is 5.40. The van der Waals surface area contributed by atoms with Gasteiger partial charge in [0, 0.05) is 12.5 Å². The lowest BCUT2D eigenvalue weighted by atomic mass is 9.93. The first-order valence-electron chi connectivity index (χ1n) is 7.75. The molecule has 0 amide bonds. The summed E-state index contributed by atoms with van der Waals surface area (Å²) in [6, 6.07) is 8.51. The minimum Gasteiger partial charge on any atom is -0.493 e. The van der Waals surface area contributed by atoms with Gasteiger partial charge in [0.05, 0.1) is 6.61 Å². The summed E-state index contributed by atoms with van der Waals surface area (Å²) < 4.78 is 5.72. The number of ether oxygens (including phenoxy) is 1. The smallest absolute Gasteiger partial charge is 0.122 e. The topological polar surface area (TPSA) is 21.3 Å². The van der Waals surface area contributed by atoms with Gasteiger partial charge in [-0.1, -0.05) is 31.5 Å². The van der Waals surface area contributed by atoms with Crippen LogP contribution in [0.4, 0.5) is 0 Å². The van der Waals surface area contributed by atoms with Crippen molar-refractivity contribution in [2.75, 3.05) is 19.7 Å². The van der Waals surface area contributed by atoms with Gasteiger partial charge in [0.1, 0.15) is 5.75 Å². The van der Waals surface area contributed by atoms with Gasteiger partial charge >= 0.3 is 0 Å². The quantitative estimate of drug-likeness (QED) is 0.892. The average Bonchev–Trinajstić information content (AvgIpc) is 2.85. The van der Waals surface area contributed by atoms with Crippen molar-refractivity contribution in [3.63, 3.8) is 0 Å². The second kappa shape index (κ2) is 5.96. The van der Waals surface area contributed by atoms with Crippen LogP contribution in [0.15, 0.2) is 24.3 Å². The van der Waals surface area contributed by atoms with E-state index in [0.717, 1.165) is 37.2 Å². The maximum atomic E-state index is 5.72. The molecule has 2 aliphatic rings. The molecule has 3 atom stereocenters. The van der Waals surface area contributed by atoms with Gasteiger partial charge < -0.3 is 10.1 Å². The van der Waals surface area contributed by atoms with Gasteiger partial charge in [-0.2, -0.15) is 0 Å². The lowest BCUT2D eigenvalue weighted by molar-refractivity contribution is 0.263. The van der Waals surface area contributed by atoms with Crippen LogP contribution in [-0.2, 0) is 0 Å². The van der Waals surface area contributed by atoms with Gasteiger partial charge in [-0.15, -0.1) is 0 Å². The molecule has 1 N–H and O–H groups in total. The van der Waals surface area contributed by atoms with E-state index in [1.54, 1.807) is 0 Å². The lowest BCUT2D eigenvalue weighted by Gasteiger charge is -2.26. The van der Waals surface area contributed by atoms with E-state index in [9.17, 15) is 0 Å². The van der Waals surface area contributed by atoms with Crippen molar-refractivity contribution in [2.45, 2.75) is 38.5 Å². The number of hydrogen-bond donors (Lipinski definition) is 1. The fraction of sp³-hybridized carbons (Fsp3) is 0.647. The molecule has 0 bridgehead atoms. The number of nitrogens with one attached hydrogen (secondary N) is 1. The second-order valence-electron chi connectivity index (χ2n) is 6.31. The molecular weight excluding hydrogens is 234 g/mol. The third-order valence-corrected chi connectivity index (χ3v) is 4.71. The van der Waals surface area contributed by atoms with E-state index in [-0.39, 0.29) is 0 Å². The molecule has 1 saturated carbocycles. The van der Waals surface area contributed by atoms with Gasteiger partial charge in [-0.3, -0.25) is 0 Å². The van der Waals surface area contributed by atoms with Gasteiger partial charge in [0.25, 0.3) is 0 Å². The standard InChI is InChI=1S/C17H25NO/c1-13-6-7-14(10-13)11-18-12-15-8-9-19-17-5-3-2-4-16(15)17/h2-5,13-15,18H,6-12H2,1H3. The Morgan fingerprint density at radius 2 is 2.05 bits per heavy atom. The molecule has 1 aromatic carbocycles. The van der Waals surface area contributed by atoms with Crippen molar-refractivity contribution in [3.8, 4) is 5.75 Å². The van der Waals surface area contributed by atoms with Crippen LogP contribution in [0, 0.1) is 11.8 Å². The predicted octanol–water partition coefficient (Wildman–Crippen LogP) is 3.58. The summed E-state index contributed by atoms with van der Waals surface area (Å²) >= 11 is 0. The van der Waals surface area contributed by atoms with Gasteiger partial charge in [0.15, 0.2) is 0 Å². The Morgan fingerprint density at radius 3 is 2.89 bits per heavy atom. The fourth-order valence-corrected chi connectivity index (χ4v) is 3.60. The third-order valence-electron chi connectivity index (χ3n) is 4.71. The Hall–Kier alpha value is -1.02. The Kier molecular flexibility index (Phi) is 4.07. The van der Waals surface area contributed by atoms with Crippen LogP contribution in [0.3, 0.4) is 0 Å². The van der Waals surface area contributed by atoms with Gasteiger partial charge in [-0.25, -0.2) is 0 Å². The Bertz CT molecular complexity index is 417. The van der Waals surface area contributed by atoms with Crippen molar-refractivity contribution in [3.05, 3.63) is 29.8 Å². The van der Waals surface area contributed by atoms with Crippen LogP contribution in [0.25, 0.3) is 0 Å². The van der Waals surface area contributed by atoms with E-state index >= 15 is 0 Å². The minimum atomic E-state index is 0.628. The SMILES string of the molecule is CC1CCC(CNCC2CCOc3ccccc32)C1. The lowest BCUT2D eigenvalue weighted by Crippen LogP contribution is -2.29. The molecule has 1 aliphatic heterocycles. The first kappa shape index (κ1) is 13.0. The highest BCUT2D eigenvalue weighted by atomic mass is 16.5. The zero-order valence-corrected chi connectivity index (χ0v) is 11.9. The molecule has 1 fully saturated rings. The monoisotopic (exact) mass is 259 g/mol. The summed E-state index contributed by atoms with van der Waals surface area (Å²) in [4.78, 5) is 0. The van der Waals surface area contributed by atoms with E-state index in [2.05, 4.69) is 36.5 Å². The van der Waals surface area contributed by atoms with Crippen LogP contribution >= 0.6 is 0 Å². The van der Waals surface area contributed by atoms with Crippen LogP contribution < -0.4 is 10.1 Å². The number of fused-ring (bicyclic) bond motifs is 1. The maximum Gasteiger partial charge on any atom is 0.122 e. The molecule has 1 aromatic rings. The van der Waals surface area contributed by atoms with Crippen LogP contribution in [0.1, 0.15) is 44.1 Å². The predicted molar refractivity (Wildman–Crippen MR) is 78.7 cm³/mol. The molecular formula is C17H25NO. The van der Waals surface area contributed by atoms with Gasteiger partial charge in [-0.05, 0) is 49.3 Å². The summed E-state index contributed by atoms with van der Waals surface area (Å²) in [6.45, 7) is 5.55. The van der Waals surface area contributed by atoms with Crippen LogP contribution in [0.2, 0.25) is 0 Å². The summed E-state index contributed by atoms with van der Waals surface area (Å²) in [7, 11) is 0. The normalized spacial score (nSPS) is 29.8. The Labute approximate surface area is 116 Å². The van der Waals surface area contributed by atoms with Crippen molar-refractivity contribution in [1.29, 1.82) is 0 Å². The number of para-hydroxylation sites is 1. The molecule has 104 valence electrons. The average molecular weight is 259 g/mol. The Balaban J connectivity index is 1.51. The largest absolute Gasteiger partial charge is 0.493 e. The third kappa shape index (κ3) is 3.11. The second-order valence-corrected chi connectivity index (χ2v) is 6.31. The molecule has 2 heteroatoms. The summed E-state index contributed by atoms with van der Waals surface area (Å²) in [5.74, 6) is 3.57. The molecule has 0 spiro atoms. The minimum absolute atomic E-state index is 0.628. The van der Waals surface area contributed by atoms with Crippen molar-refractivity contribution in [1.82, 2.24) is 5.32 Å². The molecule has 0 saturated heterocycles. The molecule has 3 rings (SSSR count). The van der Waals surface area contributed by atoms with Crippen LogP contribution in [-0.4, -0.2) is 19.7 Å². The first-order valence-corrected chi connectivity index (χ1v) is 7.75. The van der Waals surface area contributed by atoms with E-state index < -0.39 is 0 Å². The molecule has 2 nitrogen and oxygen atoms in total. The van der Waals surface area contributed by atoms with Crippen molar-refractivity contribution in [2.24, 2.45) is 11.8 Å². The zero-order valence-electron chi connectivity index (χ0n) is 11.9. The molecule has 19 heavy (non-hydrogen) atoms. The van der Waals surface area contributed by atoms with Gasteiger partial charge in [0.2, 0.25) is 0 Å². The van der Waals surface area contributed by atoms with E-state index in [1.165, 1.54) is 31.4 Å². The molecule has 0 aromatic heterocycles. The van der Waals surface area contributed by atoms with Crippen molar-refractivity contribution >= 4 is 0 Å². The van der Waals surface area contributed by atoms with Crippen LogP contribution in [0.5, 0.6) is 5.75 Å². The molecule has 1 aliphatic carbocycles. The number of hydrogen-bond acceptors (Lipinski definition) is 2. The van der Waals surface area contributed by atoms with E-state index in [4.69, 9.17) is 4.74 Å². The summed E-state index contributed by atoms with van der Waals surface area (Å²) in [5, 5.41) is 3.70. The number of benzene rings is 1. The highest BCUT2D eigenvalue weighted by Crippen LogP contribution is 2.33. The first-order chi connectivity index (χ1) is 9.33. The highest BCUT2D eigenvalue weighted by molar-refractivity contribution is 5.37. The number of rotatable bonds is 4. The maximum absolute atomic E-state index is 5.72. The molecule has 1 heterocycles. The van der Waals surface area contributed by atoms with E-state index in [1.807, 2.05) is 0 Å². The Morgan fingerprint density at radius 1 is 1.16 bits per heavy atom. The highest BCUT2D eigenvalue weighted by Gasteiger charge is 2.23. The summed E-state index contributed by atoms with van der Waals surface area (Å²) in [5.41, 5.74) is 1.39. The zero-order chi connectivity index (χ0) is 13.1. The van der Waals surface area contributed by atoms with E-state index in [0.29, 0.717) is 5.92 Å². The molecule has 0 radical (unpaired) electrons. The fourth-order valence-electron chi connectivity index (χ4n) is 3.60. The molecule has 3 unspecified atom stereocenters.